The Bertz CT molecular complexity index is 1350. The molecule has 2 N–H and O–H groups in total. The van der Waals surface area contributed by atoms with Gasteiger partial charge in [-0.2, -0.15) is 10.2 Å². The van der Waals surface area contributed by atoms with E-state index in [0.717, 1.165) is 17.0 Å². The molecule has 0 unspecified atom stereocenters. The Morgan fingerprint density at radius 3 is 2.19 bits per heavy atom. The summed E-state index contributed by atoms with van der Waals surface area (Å²) >= 11 is 0. The van der Waals surface area contributed by atoms with Gasteiger partial charge in [-0.3, -0.25) is 9.59 Å². The second kappa shape index (κ2) is 11.5. The van der Waals surface area contributed by atoms with Gasteiger partial charge in [0.25, 0.3) is 11.8 Å². The Morgan fingerprint density at radius 1 is 0.917 bits per heavy atom. The van der Waals surface area contributed by atoms with Crippen molar-refractivity contribution < 1.29 is 19.1 Å². The molecule has 3 aromatic carbocycles. The maximum absolute atomic E-state index is 12.2. The average molecular weight is 484 g/mol. The number of benzene rings is 3. The van der Waals surface area contributed by atoms with Crippen LogP contribution in [0.25, 0.3) is 16.9 Å². The van der Waals surface area contributed by atoms with Gasteiger partial charge in [0.1, 0.15) is 17.2 Å². The second-order valence-electron chi connectivity index (χ2n) is 7.65. The van der Waals surface area contributed by atoms with Crippen LogP contribution in [0.15, 0.2) is 90.2 Å². The third-order valence-corrected chi connectivity index (χ3v) is 5.28. The molecule has 0 fully saturated rings. The number of nitrogens with one attached hydrogen (secondary N) is 2. The summed E-state index contributed by atoms with van der Waals surface area (Å²) < 4.78 is 12.1. The lowest BCUT2D eigenvalue weighted by Crippen LogP contribution is -2.34. The highest BCUT2D eigenvalue weighted by Crippen LogP contribution is 2.25. The van der Waals surface area contributed by atoms with Gasteiger partial charge >= 0.3 is 0 Å². The number of para-hydroxylation sites is 1. The molecule has 2 amide bonds. The standard InChI is InChI=1S/C27H25N5O4/c1-35-23-12-8-19(9-13-23)26-21(18-32(31-26)22-6-4-3-5-7-22)16-29-30-25(33)17-28-27(34)20-10-14-24(36-2)15-11-20/h3-16,18H,17H2,1-2H3,(H,28,34)(H,30,33)/b29-16-. The molecule has 1 heterocycles. The van der Waals surface area contributed by atoms with Crippen molar-refractivity contribution in [2.75, 3.05) is 20.8 Å². The van der Waals surface area contributed by atoms with Gasteiger partial charge in [0.15, 0.2) is 0 Å². The third-order valence-electron chi connectivity index (χ3n) is 5.28. The van der Waals surface area contributed by atoms with Crippen molar-refractivity contribution >= 4 is 18.0 Å². The smallest absolute Gasteiger partial charge is 0.259 e. The minimum Gasteiger partial charge on any atom is -0.497 e. The molecule has 0 radical (unpaired) electrons. The van der Waals surface area contributed by atoms with Crippen LogP contribution in [0.1, 0.15) is 15.9 Å². The molecule has 0 bridgehead atoms. The molecule has 9 nitrogen and oxygen atoms in total. The van der Waals surface area contributed by atoms with E-state index in [1.807, 2.05) is 60.8 Å². The lowest BCUT2D eigenvalue weighted by molar-refractivity contribution is -0.120. The zero-order valence-corrected chi connectivity index (χ0v) is 19.8. The van der Waals surface area contributed by atoms with Crippen LogP contribution >= 0.6 is 0 Å². The van der Waals surface area contributed by atoms with Crippen LogP contribution in [0.4, 0.5) is 0 Å². The summed E-state index contributed by atoms with van der Waals surface area (Å²) in [6.45, 7) is -0.225. The molecule has 0 aliphatic carbocycles. The number of hydrogen-bond donors (Lipinski definition) is 2. The minimum absolute atomic E-state index is 0.225. The maximum atomic E-state index is 12.2. The van der Waals surface area contributed by atoms with Gasteiger partial charge in [-0.25, -0.2) is 10.1 Å². The normalized spacial score (nSPS) is 10.7. The van der Waals surface area contributed by atoms with Crippen LogP contribution < -0.4 is 20.2 Å². The van der Waals surface area contributed by atoms with Crippen LogP contribution in [-0.2, 0) is 4.79 Å². The van der Waals surface area contributed by atoms with Gasteiger partial charge in [0.05, 0.1) is 32.7 Å². The molecule has 0 saturated carbocycles. The molecular weight excluding hydrogens is 458 g/mol. The van der Waals surface area contributed by atoms with Crippen LogP contribution in [0, 0.1) is 0 Å². The maximum Gasteiger partial charge on any atom is 0.259 e. The molecule has 0 spiro atoms. The first-order valence-electron chi connectivity index (χ1n) is 11.1. The molecule has 0 aliphatic heterocycles. The second-order valence-corrected chi connectivity index (χ2v) is 7.65. The van der Waals surface area contributed by atoms with Crippen LogP contribution in [0.5, 0.6) is 11.5 Å². The highest BCUT2D eigenvalue weighted by Gasteiger charge is 2.12. The number of methoxy groups -OCH3 is 2. The highest BCUT2D eigenvalue weighted by atomic mass is 16.5. The van der Waals surface area contributed by atoms with E-state index in [1.165, 1.54) is 6.21 Å². The molecule has 0 atom stereocenters. The van der Waals surface area contributed by atoms with Crippen molar-refractivity contribution in [2.45, 2.75) is 0 Å². The first-order chi connectivity index (χ1) is 17.6. The summed E-state index contributed by atoms with van der Waals surface area (Å²) in [6.07, 6.45) is 3.35. The number of nitrogens with zero attached hydrogens (tertiary/aromatic N) is 3. The van der Waals surface area contributed by atoms with E-state index in [2.05, 4.69) is 15.8 Å². The quantitative estimate of drug-likeness (QED) is 0.280. The van der Waals surface area contributed by atoms with E-state index in [0.29, 0.717) is 22.6 Å². The summed E-state index contributed by atoms with van der Waals surface area (Å²) in [5.41, 5.74) is 6.00. The SMILES string of the molecule is COc1ccc(C(=O)NCC(=O)N/N=C\c2cn(-c3ccccc3)nc2-c2ccc(OC)cc2)cc1. The molecule has 182 valence electrons. The molecule has 0 saturated heterocycles. The monoisotopic (exact) mass is 483 g/mol. The van der Waals surface area contributed by atoms with Crippen molar-refractivity contribution in [2.24, 2.45) is 5.10 Å². The van der Waals surface area contributed by atoms with Crippen molar-refractivity contribution in [3.63, 3.8) is 0 Å². The van der Waals surface area contributed by atoms with Gasteiger partial charge < -0.3 is 14.8 Å². The molecule has 4 rings (SSSR count). The predicted molar refractivity (Wildman–Crippen MR) is 137 cm³/mol. The van der Waals surface area contributed by atoms with Gasteiger partial charge in [0.2, 0.25) is 0 Å². The van der Waals surface area contributed by atoms with Gasteiger partial charge in [-0.05, 0) is 60.7 Å². The number of ether oxygens (including phenoxy) is 2. The van der Waals surface area contributed by atoms with E-state index in [9.17, 15) is 9.59 Å². The summed E-state index contributed by atoms with van der Waals surface area (Å²) in [5, 5.41) is 11.4. The predicted octanol–water partition coefficient (Wildman–Crippen LogP) is 3.44. The number of rotatable bonds is 9. The van der Waals surface area contributed by atoms with Gasteiger partial charge in [-0.1, -0.05) is 18.2 Å². The number of hydrogen-bond acceptors (Lipinski definition) is 6. The van der Waals surface area contributed by atoms with E-state index in [1.54, 1.807) is 43.2 Å². The van der Waals surface area contributed by atoms with Gasteiger partial charge in [0, 0.05) is 22.9 Å². The zero-order valence-electron chi connectivity index (χ0n) is 19.8. The summed E-state index contributed by atoms with van der Waals surface area (Å²) in [6, 6.07) is 23.8. The highest BCUT2D eigenvalue weighted by molar-refractivity contribution is 5.96. The number of carbonyl (C=O) groups excluding carboxylic acids is 2. The summed E-state index contributed by atoms with van der Waals surface area (Å²) in [4.78, 5) is 24.5. The number of aromatic nitrogens is 2. The van der Waals surface area contributed by atoms with Gasteiger partial charge in [-0.15, -0.1) is 0 Å². The summed E-state index contributed by atoms with van der Waals surface area (Å²) in [5.74, 6) is 0.543. The summed E-state index contributed by atoms with van der Waals surface area (Å²) in [7, 11) is 3.16. The Labute approximate surface area is 208 Å². The average Bonchev–Trinajstić information content (AvgIpc) is 3.36. The lowest BCUT2D eigenvalue weighted by atomic mass is 10.1. The Kier molecular flexibility index (Phi) is 7.72. The van der Waals surface area contributed by atoms with E-state index < -0.39 is 5.91 Å². The zero-order chi connectivity index (χ0) is 25.3. The van der Waals surface area contributed by atoms with Crippen molar-refractivity contribution in [3.8, 4) is 28.4 Å². The third kappa shape index (κ3) is 5.95. The Hall–Kier alpha value is -4.92. The molecule has 9 heteroatoms. The number of amides is 2. The van der Waals surface area contributed by atoms with Crippen molar-refractivity contribution in [3.05, 3.63) is 96.2 Å². The van der Waals surface area contributed by atoms with Crippen molar-refractivity contribution in [1.29, 1.82) is 0 Å². The Morgan fingerprint density at radius 2 is 1.56 bits per heavy atom. The molecule has 36 heavy (non-hydrogen) atoms. The first-order valence-corrected chi connectivity index (χ1v) is 11.1. The van der Waals surface area contributed by atoms with Crippen molar-refractivity contribution in [1.82, 2.24) is 20.5 Å². The first kappa shape index (κ1) is 24.2. The molecular formula is C27H25N5O4. The molecule has 0 aliphatic rings. The number of carbonyl (C=O) groups is 2. The minimum atomic E-state index is -0.463. The fourth-order valence-corrected chi connectivity index (χ4v) is 3.39. The van der Waals surface area contributed by atoms with E-state index in [4.69, 9.17) is 14.6 Å². The van der Waals surface area contributed by atoms with Crippen LogP contribution in [0.2, 0.25) is 0 Å². The largest absolute Gasteiger partial charge is 0.497 e. The fourth-order valence-electron chi connectivity index (χ4n) is 3.39. The lowest BCUT2D eigenvalue weighted by Gasteiger charge is -2.05. The number of hydrazone groups is 1. The van der Waals surface area contributed by atoms with E-state index >= 15 is 0 Å². The Balaban J connectivity index is 1.44. The molecule has 1 aromatic heterocycles. The van der Waals surface area contributed by atoms with Crippen LogP contribution in [-0.4, -0.2) is 48.6 Å². The topological polar surface area (TPSA) is 107 Å². The molecule has 4 aromatic rings. The fraction of sp³-hybridized carbons (Fsp3) is 0.111. The van der Waals surface area contributed by atoms with E-state index in [-0.39, 0.29) is 12.5 Å². The van der Waals surface area contributed by atoms with Crippen LogP contribution in [0.3, 0.4) is 0 Å².